The maximum Gasteiger partial charge on any atom is 0.320 e. The van der Waals surface area contributed by atoms with Crippen LogP contribution in [0.15, 0.2) is 11.6 Å². The van der Waals surface area contributed by atoms with Crippen molar-refractivity contribution < 1.29 is 14.7 Å². The summed E-state index contributed by atoms with van der Waals surface area (Å²) in [5.41, 5.74) is 0. The molecule has 7 nitrogen and oxygen atoms in total. The number of carboxylic acids is 1. The van der Waals surface area contributed by atoms with Crippen LogP contribution in [0.25, 0.3) is 0 Å². The fourth-order valence-corrected chi connectivity index (χ4v) is 3.46. The number of hydrogen-bond acceptors (Lipinski definition) is 5. The highest BCUT2D eigenvalue weighted by Crippen LogP contribution is 2.23. The number of anilines is 1. The lowest BCUT2D eigenvalue weighted by molar-refractivity contribution is -0.139. The van der Waals surface area contributed by atoms with Crippen LogP contribution < -0.4 is 4.90 Å². The zero-order valence-electron chi connectivity index (χ0n) is 11.6. The standard InChI is InChI=1S/C13H18N4O3S/c18-11(19)7-10-8-17(9-10)13(20)16-4-2-15(3-5-16)12-14-1-6-21-12/h1,6,10H,2-5,7-9H2,(H,18,19). The third-order valence-corrected chi connectivity index (χ3v) is 4.76. The van der Waals surface area contributed by atoms with Crippen LogP contribution in [-0.2, 0) is 4.79 Å². The third-order valence-electron chi connectivity index (χ3n) is 3.93. The summed E-state index contributed by atoms with van der Waals surface area (Å²) in [5, 5.41) is 11.7. The average molecular weight is 310 g/mol. The lowest BCUT2D eigenvalue weighted by Gasteiger charge is -2.43. The quantitative estimate of drug-likeness (QED) is 0.893. The molecule has 8 heteroatoms. The van der Waals surface area contributed by atoms with Gasteiger partial charge in [-0.05, 0) is 0 Å². The number of rotatable bonds is 3. The molecule has 2 fully saturated rings. The van der Waals surface area contributed by atoms with Gasteiger partial charge in [0, 0.05) is 56.8 Å². The Kier molecular flexibility index (Phi) is 3.96. The summed E-state index contributed by atoms with van der Waals surface area (Å²) in [7, 11) is 0. The fourth-order valence-electron chi connectivity index (χ4n) is 2.76. The number of piperazine rings is 1. The summed E-state index contributed by atoms with van der Waals surface area (Å²) in [6.07, 6.45) is 1.95. The van der Waals surface area contributed by atoms with Crippen molar-refractivity contribution in [3.63, 3.8) is 0 Å². The molecule has 0 radical (unpaired) electrons. The molecule has 3 rings (SSSR count). The van der Waals surface area contributed by atoms with E-state index in [2.05, 4.69) is 9.88 Å². The number of likely N-dealkylation sites (tertiary alicyclic amines) is 1. The summed E-state index contributed by atoms with van der Waals surface area (Å²) in [6, 6.07) is 0.0374. The van der Waals surface area contributed by atoms with Gasteiger partial charge < -0.3 is 19.8 Å². The molecule has 21 heavy (non-hydrogen) atoms. The second kappa shape index (κ2) is 5.88. The van der Waals surface area contributed by atoms with Crippen LogP contribution in [0, 0.1) is 5.92 Å². The molecule has 0 unspecified atom stereocenters. The maximum absolute atomic E-state index is 12.3. The van der Waals surface area contributed by atoms with Crippen LogP contribution in [0.1, 0.15) is 6.42 Å². The maximum atomic E-state index is 12.3. The largest absolute Gasteiger partial charge is 0.481 e. The van der Waals surface area contributed by atoms with Gasteiger partial charge in [0.1, 0.15) is 0 Å². The first kappa shape index (κ1) is 14.1. The van der Waals surface area contributed by atoms with Gasteiger partial charge in [0.15, 0.2) is 5.13 Å². The number of amides is 2. The van der Waals surface area contributed by atoms with Gasteiger partial charge in [-0.1, -0.05) is 0 Å². The molecule has 2 aliphatic rings. The first-order valence-corrected chi connectivity index (χ1v) is 7.91. The molecular formula is C13H18N4O3S. The minimum Gasteiger partial charge on any atom is -0.481 e. The Hall–Kier alpha value is -1.83. The van der Waals surface area contributed by atoms with Gasteiger partial charge >= 0.3 is 12.0 Å². The molecule has 114 valence electrons. The first-order chi connectivity index (χ1) is 10.1. The highest BCUT2D eigenvalue weighted by Gasteiger charge is 2.35. The molecule has 3 heterocycles. The molecule has 0 saturated carbocycles. The van der Waals surface area contributed by atoms with E-state index in [4.69, 9.17) is 5.11 Å². The predicted octanol–water partition coefficient (Wildman–Crippen LogP) is 0.792. The summed E-state index contributed by atoms with van der Waals surface area (Å²) >= 11 is 1.61. The Labute approximate surface area is 126 Å². The number of urea groups is 1. The number of hydrogen-bond donors (Lipinski definition) is 1. The minimum atomic E-state index is -0.788. The normalized spacial score (nSPS) is 19.5. The van der Waals surface area contributed by atoms with Gasteiger partial charge in [-0.3, -0.25) is 4.79 Å². The van der Waals surface area contributed by atoms with Crippen molar-refractivity contribution in [2.24, 2.45) is 5.92 Å². The Balaban J connectivity index is 1.45. The van der Waals surface area contributed by atoms with Crippen LogP contribution >= 0.6 is 11.3 Å². The fraction of sp³-hybridized carbons (Fsp3) is 0.615. The highest BCUT2D eigenvalue weighted by molar-refractivity contribution is 7.13. The van der Waals surface area contributed by atoms with Crippen LogP contribution in [0.3, 0.4) is 0 Å². The van der Waals surface area contributed by atoms with Gasteiger partial charge in [0.2, 0.25) is 0 Å². The second-order valence-corrected chi connectivity index (χ2v) is 6.31. The van der Waals surface area contributed by atoms with Crippen LogP contribution in [0.5, 0.6) is 0 Å². The highest BCUT2D eigenvalue weighted by atomic mass is 32.1. The number of carbonyl (C=O) groups excluding carboxylic acids is 1. The van der Waals surface area contributed by atoms with Crippen LogP contribution in [-0.4, -0.2) is 71.2 Å². The van der Waals surface area contributed by atoms with E-state index in [9.17, 15) is 9.59 Å². The van der Waals surface area contributed by atoms with E-state index in [0.717, 1.165) is 18.2 Å². The van der Waals surface area contributed by atoms with Crippen LogP contribution in [0.2, 0.25) is 0 Å². The van der Waals surface area contributed by atoms with E-state index in [1.165, 1.54) is 0 Å². The Morgan fingerprint density at radius 1 is 1.24 bits per heavy atom. The summed E-state index contributed by atoms with van der Waals surface area (Å²) in [5.74, 6) is -0.674. The number of aliphatic carboxylic acids is 1. The molecule has 0 atom stereocenters. The number of nitrogens with zero attached hydrogens (tertiary/aromatic N) is 4. The van der Waals surface area contributed by atoms with Crippen molar-refractivity contribution >= 4 is 28.5 Å². The van der Waals surface area contributed by atoms with Crippen molar-refractivity contribution in [1.29, 1.82) is 0 Å². The zero-order valence-corrected chi connectivity index (χ0v) is 12.5. The number of aromatic nitrogens is 1. The topological polar surface area (TPSA) is 77.0 Å². The van der Waals surface area contributed by atoms with E-state index >= 15 is 0 Å². The summed E-state index contributed by atoms with van der Waals surface area (Å²) < 4.78 is 0. The van der Waals surface area contributed by atoms with E-state index in [1.54, 1.807) is 22.4 Å². The van der Waals surface area contributed by atoms with E-state index < -0.39 is 5.97 Å². The second-order valence-electron chi connectivity index (χ2n) is 5.44. The Morgan fingerprint density at radius 3 is 2.52 bits per heavy atom. The Morgan fingerprint density at radius 2 is 1.95 bits per heavy atom. The zero-order chi connectivity index (χ0) is 14.8. The lowest BCUT2D eigenvalue weighted by Crippen LogP contribution is -2.58. The molecule has 1 aromatic rings. The SMILES string of the molecule is O=C(O)CC1CN(C(=O)N2CCN(c3nccs3)CC2)C1. The van der Waals surface area contributed by atoms with Gasteiger partial charge in [-0.25, -0.2) is 9.78 Å². The molecule has 1 N–H and O–H groups in total. The lowest BCUT2D eigenvalue weighted by atomic mass is 9.97. The van der Waals surface area contributed by atoms with Crippen molar-refractivity contribution in [3.05, 3.63) is 11.6 Å². The Bertz CT molecular complexity index is 507. The van der Waals surface area contributed by atoms with Gasteiger partial charge in [0.25, 0.3) is 0 Å². The molecule has 0 aromatic carbocycles. The van der Waals surface area contributed by atoms with Gasteiger partial charge in [0.05, 0.1) is 6.42 Å². The molecule has 2 aliphatic heterocycles. The summed E-state index contributed by atoms with van der Waals surface area (Å²) in [6.45, 7) is 4.12. The average Bonchev–Trinajstić information content (AvgIpc) is 2.96. The molecule has 0 spiro atoms. The van der Waals surface area contributed by atoms with E-state index in [0.29, 0.717) is 26.2 Å². The predicted molar refractivity (Wildman–Crippen MR) is 78.6 cm³/mol. The molecule has 2 amide bonds. The molecular weight excluding hydrogens is 292 g/mol. The number of thiazole rings is 1. The van der Waals surface area contributed by atoms with E-state index in [1.807, 2.05) is 10.3 Å². The monoisotopic (exact) mass is 310 g/mol. The van der Waals surface area contributed by atoms with Crippen molar-refractivity contribution in [2.45, 2.75) is 6.42 Å². The minimum absolute atomic E-state index is 0.0374. The van der Waals surface area contributed by atoms with Gasteiger partial charge in [-0.2, -0.15) is 0 Å². The van der Waals surface area contributed by atoms with Gasteiger partial charge in [-0.15, -0.1) is 11.3 Å². The molecule has 0 aliphatic carbocycles. The van der Waals surface area contributed by atoms with Crippen molar-refractivity contribution in [1.82, 2.24) is 14.8 Å². The van der Waals surface area contributed by atoms with E-state index in [-0.39, 0.29) is 18.4 Å². The smallest absolute Gasteiger partial charge is 0.320 e. The van der Waals surface area contributed by atoms with Crippen LogP contribution in [0.4, 0.5) is 9.93 Å². The van der Waals surface area contributed by atoms with Crippen molar-refractivity contribution in [3.8, 4) is 0 Å². The molecule has 1 aromatic heterocycles. The molecule has 2 saturated heterocycles. The first-order valence-electron chi connectivity index (χ1n) is 7.03. The third kappa shape index (κ3) is 3.10. The number of carboxylic acid groups (broad SMARTS) is 1. The summed E-state index contributed by atoms with van der Waals surface area (Å²) in [4.78, 5) is 33.0. The van der Waals surface area contributed by atoms with Crippen molar-refractivity contribution in [2.75, 3.05) is 44.2 Å². The number of carbonyl (C=O) groups is 2. The molecule has 0 bridgehead atoms.